The summed E-state index contributed by atoms with van der Waals surface area (Å²) in [4.78, 5) is 26.3. The van der Waals surface area contributed by atoms with E-state index >= 15 is 0 Å². The first-order chi connectivity index (χ1) is 8.40. The molecule has 1 rings (SSSR count). The lowest BCUT2D eigenvalue weighted by molar-refractivity contribution is -0.128. The summed E-state index contributed by atoms with van der Waals surface area (Å²) >= 11 is 0. The molecule has 0 saturated carbocycles. The van der Waals surface area contributed by atoms with Crippen LogP contribution in [-0.4, -0.2) is 49.8 Å². The molecule has 0 aliphatic heterocycles. The highest BCUT2D eigenvalue weighted by Gasteiger charge is 2.08. The van der Waals surface area contributed by atoms with E-state index in [0.29, 0.717) is 12.8 Å². The molecular weight excluding hydrogens is 228 g/mol. The summed E-state index contributed by atoms with van der Waals surface area (Å²) in [5.74, 6) is 0.122. The molecule has 0 bridgehead atoms. The fourth-order valence-electron chi connectivity index (χ4n) is 1.52. The maximum Gasteiger partial charge on any atom is 0.226 e. The van der Waals surface area contributed by atoms with E-state index in [9.17, 15) is 9.59 Å². The molecule has 4 nitrogen and oxygen atoms in total. The van der Waals surface area contributed by atoms with Gasteiger partial charge >= 0.3 is 0 Å². The van der Waals surface area contributed by atoms with Crippen molar-refractivity contribution < 1.29 is 9.59 Å². The zero-order valence-electron chi connectivity index (χ0n) is 11.4. The summed E-state index contributed by atoms with van der Waals surface area (Å²) in [6.07, 6.45) is 0.744. The number of hydrogen-bond acceptors (Lipinski definition) is 2. The molecule has 4 heteroatoms. The molecule has 0 aromatic heterocycles. The lowest BCUT2D eigenvalue weighted by Gasteiger charge is -2.12. The normalized spacial score (nSPS) is 10.0. The Balaban J connectivity index is 2.74. The molecule has 18 heavy (non-hydrogen) atoms. The van der Waals surface area contributed by atoms with E-state index in [1.807, 2.05) is 24.3 Å². The largest absolute Gasteiger partial charge is 0.349 e. The van der Waals surface area contributed by atoms with Crippen LogP contribution in [0.1, 0.15) is 11.1 Å². The monoisotopic (exact) mass is 248 g/mol. The van der Waals surface area contributed by atoms with Crippen LogP contribution in [0.15, 0.2) is 24.3 Å². The molecule has 0 saturated heterocycles. The van der Waals surface area contributed by atoms with Crippen LogP contribution in [0.3, 0.4) is 0 Å². The Hall–Kier alpha value is -1.84. The molecule has 2 amide bonds. The average molecular weight is 248 g/mol. The highest BCUT2D eigenvalue weighted by atomic mass is 16.2. The van der Waals surface area contributed by atoms with Gasteiger partial charge in [0.15, 0.2) is 0 Å². The highest BCUT2D eigenvalue weighted by molar-refractivity contribution is 5.79. The zero-order valence-corrected chi connectivity index (χ0v) is 11.4. The van der Waals surface area contributed by atoms with Gasteiger partial charge < -0.3 is 9.80 Å². The minimum Gasteiger partial charge on any atom is -0.349 e. The SMILES string of the molecule is CN(C)C(=O)Cc1cccc(CC(=O)N(C)C)c1. The van der Waals surface area contributed by atoms with Gasteiger partial charge in [0.2, 0.25) is 11.8 Å². The van der Waals surface area contributed by atoms with Gasteiger partial charge in [0.1, 0.15) is 0 Å². The van der Waals surface area contributed by atoms with Crippen molar-refractivity contribution >= 4 is 11.8 Å². The third kappa shape index (κ3) is 4.20. The molecule has 1 aromatic carbocycles. The number of benzene rings is 1. The molecule has 0 spiro atoms. The predicted molar refractivity (Wildman–Crippen MR) is 71.2 cm³/mol. The standard InChI is InChI=1S/C14H20N2O2/c1-15(2)13(17)9-11-6-5-7-12(8-11)10-14(18)16(3)4/h5-8H,9-10H2,1-4H3. The molecule has 0 atom stereocenters. The minimum absolute atomic E-state index is 0.0612. The van der Waals surface area contributed by atoms with Crippen LogP contribution in [0.5, 0.6) is 0 Å². The molecule has 0 radical (unpaired) electrons. The van der Waals surface area contributed by atoms with E-state index in [1.54, 1.807) is 38.0 Å². The van der Waals surface area contributed by atoms with Crippen LogP contribution in [0.2, 0.25) is 0 Å². The average Bonchev–Trinajstić information content (AvgIpc) is 2.29. The molecule has 0 N–H and O–H groups in total. The molecule has 0 unspecified atom stereocenters. The third-order valence-corrected chi connectivity index (χ3v) is 2.70. The van der Waals surface area contributed by atoms with Gasteiger partial charge in [0.25, 0.3) is 0 Å². The van der Waals surface area contributed by atoms with Crippen molar-refractivity contribution in [2.24, 2.45) is 0 Å². The van der Waals surface area contributed by atoms with E-state index < -0.39 is 0 Å². The van der Waals surface area contributed by atoms with Gasteiger partial charge in [-0.15, -0.1) is 0 Å². The van der Waals surface area contributed by atoms with Crippen molar-refractivity contribution in [3.63, 3.8) is 0 Å². The summed E-state index contributed by atoms with van der Waals surface area (Å²) < 4.78 is 0. The Labute approximate surface area is 108 Å². The van der Waals surface area contributed by atoms with Gasteiger partial charge in [0, 0.05) is 28.2 Å². The zero-order chi connectivity index (χ0) is 13.7. The number of carbonyl (C=O) groups is 2. The maximum absolute atomic E-state index is 11.6. The van der Waals surface area contributed by atoms with Gasteiger partial charge in [-0.3, -0.25) is 9.59 Å². The Morgan fingerprint density at radius 2 is 1.28 bits per heavy atom. The smallest absolute Gasteiger partial charge is 0.226 e. The molecule has 0 fully saturated rings. The van der Waals surface area contributed by atoms with Crippen LogP contribution >= 0.6 is 0 Å². The second-order valence-electron chi connectivity index (χ2n) is 4.75. The first-order valence-electron chi connectivity index (χ1n) is 5.88. The van der Waals surface area contributed by atoms with Crippen LogP contribution < -0.4 is 0 Å². The minimum atomic E-state index is 0.0612. The number of likely N-dealkylation sites (N-methyl/N-ethyl adjacent to an activating group) is 2. The van der Waals surface area contributed by atoms with E-state index in [2.05, 4.69) is 0 Å². The molecule has 0 aliphatic carbocycles. The van der Waals surface area contributed by atoms with Gasteiger partial charge in [-0.2, -0.15) is 0 Å². The van der Waals surface area contributed by atoms with Crippen LogP contribution in [0.4, 0.5) is 0 Å². The van der Waals surface area contributed by atoms with Crippen molar-refractivity contribution in [1.29, 1.82) is 0 Å². The van der Waals surface area contributed by atoms with E-state index in [0.717, 1.165) is 11.1 Å². The highest BCUT2D eigenvalue weighted by Crippen LogP contribution is 2.08. The quantitative estimate of drug-likeness (QED) is 0.796. The number of amides is 2. The number of hydrogen-bond donors (Lipinski definition) is 0. The summed E-state index contributed by atoms with van der Waals surface area (Å²) in [5.41, 5.74) is 1.88. The molecular formula is C14H20N2O2. The van der Waals surface area contributed by atoms with E-state index in [-0.39, 0.29) is 11.8 Å². The van der Waals surface area contributed by atoms with E-state index in [4.69, 9.17) is 0 Å². The van der Waals surface area contributed by atoms with Crippen molar-refractivity contribution in [2.75, 3.05) is 28.2 Å². The lowest BCUT2D eigenvalue weighted by Crippen LogP contribution is -2.24. The molecule has 0 heterocycles. The molecule has 98 valence electrons. The Morgan fingerprint density at radius 3 is 1.61 bits per heavy atom. The fraction of sp³-hybridized carbons (Fsp3) is 0.429. The van der Waals surface area contributed by atoms with Crippen molar-refractivity contribution in [1.82, 2.24) is 9.80 Å². The maximum atomic E-state index is 11.6. The first-order valence-corrected chi connectivity index (χ1v) is 5.88. The molecule has 0 aliphatic rings. The number of nitrogens with zero attached hydrogens (tertiary/aromatic N) is 2. The summed E-state index contributed by atoms with van der Waals surface area (Å²) in [6.45, 7) is 0. The molecule has 1 aromatic rings. The van der Waals surface area contributed by atoms with Crippen molar-refractivity contribution in [3.05, 3.63) is 35.4 Å². The predicted octanol–water partition coefficient (Wildman–Crippen LogP) is 0.948. The lowest BCUT2D eigenvalue weighted by atomic mass is 10.1. The Bertz CT molecular complexity index is 402. The van der Waals surface area contributed by atoms with Crippen LogP contribution in [0, 0.1) is 0 Å². The van der Waals surface area contributed by atoms with Gasteiger partial charge in [0.05, 0.1) is 12.8 Å². The Kier molecular flexibility index (Phi) is 4.89. The topological polar surface area (TPSA) is 40.6 Å². The second kappa shape index (κ2) is 6.19. The first kappa shape index (κ1) is 14.2. The summed E-state index contributed by atoms with van der Waals surface area (Å²) in [7, 11) is 6.95. The Morgan fingerprint density at radius 1 is 0.889 bits per heavy atom. The van der Waals surface area contributed by atoms with Gasteiger partial charge in [-0.25, -0.2) is 0 Å². The summed E-state index contributed by atoms with van der Waals surface area (Å²) in [5, 5.41) is 0. The van der Waals surface area contributed by atoms with Gasteiger partial charge in [-0.05, 0) is 11.1 Å². The number of carbonyl (C=O) groups excluding carboxylic acids is 2. The second-order valence-corrected chi connectivity index (χ2v) is 4.75. The van der Waals surface area contributed by atoms with Crippen molar-refractivity contribution in [2.45, 2.75) is 12.8 Å². The fourth-order valence-corrected chi connectivity index (χ4v) is 1.52. The van der Waals surface area contributed by atoms with Crippen LogP contribution in [-0.2, 0) is 22.4 Å². The number of rotatable bonds is 4. The summed E-state index contributed by atoms with van der Waals surface area (Å²) in [6, 6.07) is 7.62. The van der Waals surface area contributed by atoms with Gasteiger partial charge in [-0.1, -0.05) is 24.3 Å². The third-order valence-electron chi connectivity index (χ3n) is 2.70. The van der Waals surface area contributed by atoms with Crippen LogP contribution in [0.25, 0.3) is 0 Å². The van der Waals surface area contributed by atoms with E-state index in [1.165, 1.54) is 0 Å². The van der Waals surface area contributed by atoms with Crippen molar-refractivity contribution in [3.8, 4) is 0 Å².